The average Bonchev–Trinajstić information content (AvgIpc) is 2.48. The molecule has 0 aliphatic rings. The number of hydrogen-bond acceptors (Lipinski definition) is 3. The predicted octanol–water partition coefficient (Wildman–Crippen LogP) is 4.47. The van der Waals surface area contributed by atoms with Crippen LogP contribution in [-0.4, -0.2) is 13.2 Å². The maximum atomic E-state index is 5.82. The van der Waals surface area contributed by atoms with Crippen LogP contribution in [0.5, 0.6) is 11.5 Å². The van der Waals surface area contributed by atoms with E-state index in [4.69, 9.17) is 26.8 Å². The number of nitrogen functional groups attached to an aromatic ring is 1. The van der Waals surface area contributed by atoms with E-state index in [2.05, 4.69) is 0 Å². The standard InChI is InChI=1S/C17H20ClNO2/c1-13-4-7-15(19)12-17(13)21-11-3-2-10-20-16-8-5-14(18)6-9-16/h4-9,12H,2-3,10-11,19H2,1H3. The van der Waals surface area contributed by atoms with E-state index in [1.165, 1.54) is 0 Å². The van der Waals surface area contributed by atoms with Crippen molar-refractivity contribution in [2.75, 3.05) is 18.9 Å². The molecule has 0 heterocycles. The summed E-state index contributed by atoms with van der Waals surface area (Å²) in [7, 11) is 0. The quantitative estimate of drug-likeness (QED) is 0.606. The van der Waals surface area contributed by atoms with E-state index in [0.717, 1.165) is 35.6 Å². The van der Waals surface area contributed by atoms with Crippen LogP contribution in [0.15, 0.2) is 42.5 Å². The molecule has 0 atom stereocenters. The summed E-state index contributed by atoms with van der Waals surface area (Å²) in [6.07, 6.45) is 1.87. The van der Waals surface area contributed by atoms with E-state index < -0.39 is 0 Å². The summed E-state index contributed by atoms with van der Waals surface area (Å²) < 4.78 is 11.4. The number of halogens is 1. The van der Waals surface area contributed by atoms with Crippen molar-refractivity contribution in [1.29, 1.82) is 0 Å². The van der Waals surface area contributed by atoms with E-state index in [-0.39, 0.29) is 0 Å². The van der Waals surface area contributed by atoms with Gasteiger partial charge >= 0.3 is 0 Å². The lowest BCUT2D eigenvalue weighted by Crippen LogP contribution is -2.03. The molecule has 3 nitrogen and oxygen atoms in total. The van der Waals surface area contributed by atoms with Crippen LogP contribution in [0, 0.1) is 6.92 Å². The van der Waals surface area contributed by atoms with Crippen LogP contribution in [-0.2, 0) is 0 Å². The summed E-state index contributed by atoms with van der Waals surface area (Å²) >= 11 is 5.82. The van der Waals surface area contributed by atoms with Gasteiger partial charge in [-0.15, -0.1) is 0 Å². The Morgan fingerprint density at radius 2 is 1.62 bits per heavy atom. The molecule has 2 aromatic rings. The second kappa shape index (κ2) is 7.79. The average molecular weight is 306 g/mol. The van der Waals surface area contributed by atoms with Gasteiger partial charge in [0.25, 0.3) is 0 Å². The highest BCUT2D eigenvalue weighted by molar-refractivity contribution is 6.30. The van der Waals surface area contributed by atoms with Gasteiger partial charge < -0.3 is 15.2 Å². The molecule has 0 fully saturated rings. The monoisotopic (exact) mass is 305 g/mol. The largest absolute Gasteiger partial charge is 0.494 e. The Labute approximate surface area is 130 Å². The van der Waals surface area contributed by atoms with Gasteiger partial charge in [0.15, 0.2) is 0 Å². The molecule has 0 aliphatic heterocycles. The smallest absolute Gasteiger partial charge is 0.124 e. The number of anilines is 1. The number of hydrogen-bond donors (Lipinski definition) is 1. The third-order valence-corrected chi connectivity index (χ3v) is 3.34. The van der Waals surface area contributed by atoms with Gasteiger partial charge in [0, 0.05) is 16.8 Å². The van der Waals surface area contributed by atoms with Gasteiger partial charge in [-0.05, 0) is 55.7 Å². The Hall–Kier alpha value is -1.87. The number of nitrogens with two attached hydrogens (primary N) is 1. The Balaban J connectivity index is 1.64. The van der Waals surface area contributed by atoms with Gasteiger partial charge in [-0.3, -0.25) is 0 Å². The van der Waals surface area contributed by atoms with Crippen molar-refractivity contribution in [3.63, 3.8) is 0 Å². The molecule has 2 aromatic carbocycles. The van der Waals surface area contributed by atoms with Crippen molar-refractivity contribution in [3.8, 4) is 11.5 Å². The van der Waals surface area contributed by atoms with Gasteiger partial charge in [-0.25, -0.2) is 0 Å². The highest BCUT2D eigenvalue weighted by Crippen LogP contribution is 2.21. The minimum Gasteiger partial charge on any atom is -0.494 e. The van der Waals surface area contributed by atoms with Gasteiger partial charge in [-0.1, -0.05) is 17.7 Å². The Morgan fingerprint density at radius 1 is 0.952 bits per heavy atom. The van der Waals surface area contributed by atoms with Crippen LogP contribution < -0.4 is 15.2 Å². The van der Waals surface area contributed by atoms with Crippen LogP contribution in [0.2, 0.25) is 5.02 Å². The maximum Gasteiger partial charge on any atom is 0.124 e. The first-order chi connectivity index (χ1) is 10.1. The molecule has 2 rings (SSSR count). The van der Waals surface area contributed by atoms with Crippen molar-refractivity contribution < 1.29 is 9.47 Å². The lowest BCUT2D eigenvalue weighted by molar-refractivity contribution is 0.265. The molecule has 4 heteroatoms. The van der Waals surface area contributed by atoms with E-state index in [1.807, 2.05) is 49.4 Å². The maximum absolute atomic E-state index is 5.82. The van der Waals surface area contributed by atoms with E-state index in [0.29, 0.717) is 18.2 Å². The first-order valence-electron chi connectivity index (χ1n) is 7.02. The SMILES string of the molecule is Cc1ccc(N)cc1OCCCCOc1ccc(Cl)cc1. The Kier molecular flexibility index (Phi) is 5.76. The fraction of sp³-hybridized carbons (Fsp3) is 0.294. The fourth-order valence-electron chi connectivity index (χ4n) is 1.88. The summed E-state index contributed by atoms with van der Waals surface area (Å²) in [5, 5.41) is 0.716. The molecule has 0 saturated carbocycles. The van der Waals surface area contributed by atoms with Crippen LogP contribution in [0.25, 0.3) is 0 Å². The van der Waals surface area contributed by atoms with E-state index in [9.17, 15) is 0 Å². The van der Waals surface area contributed by atoms with Crippen molar-refractivity contribution in [2.24, 2.45) is 0 Å². The first kappa shape index (κ1) is 15.5. The Bertz CT molecular complexity index is 570. The van der Waals surface area contributed by atoms with Crippen LogP contribution >= 0.6 is 11.6 Å². The van der Waals surface area contributed by atoms with Crippen molar-refractivity contribution >= 4 is 17.3 Å². The van der Waals surface area contributed by atoms with Crippen LogP contribution in [0.4, 0.5) is 5.69 Å². The lowest BCUT2D eigenvalue weighted by atomic mass is 10.2. The van der Waals surface area contributed by atoms with Gasteiger partial charge in [0.2, 0.25) is 0 Å². The molecule has 21 heavy (non-hydrogen) atoms. The predicted molar refractivity (Wildman–Crippen MR) is 87.3 cm³/mol. The highest BCUT2D eigenvalue weighted by Gasteiger charge is 2.00. The molecule has 0 unspecified atom stereocenters. The summed E-state index contributed by atoms with van der Waals surface area (Å²) in [6, 6.07) is 13.1. The number of unbranched alkanes of at least 4 members (excludes halogenated alkanes) is 1. The van der Waals surface area contributed by atoms with E-state index in [1.54, 1.807) is 0 Å². The lowest BCUT2D eigenvalue weighted by Gasteiger charge is -2.10. The first-order valence-corrected chi connectivity index (χ1v) is 7.40. The molecule has 0 saturated heterocycles. The molecule has 0 amide bonds. The number of rotatable bonds is 7. The number of aryl methyl sites for hydroxylation is 1. The molecule has 2 N–H and O–H groups in total. The van der Waals surface area contributed by atoms with Crippen LogP contribution in [0.3, 0.4) is 0 Å². The van der Waals surface area contributed by atoms with Crippen LogP contribution in [0.1, 0.15) is 18.4 Å². The molecule has 0 aliphatic carbocycles. The topological polar surface area (TPSA) is 44.5 Å². The number of benzene rings is 2. The molecule has 0 aromatic heterocycles. The zero-order valence-electron chi connectivity index (χ0n) is 12.1. The number of ether oxygens (including phenoxy) is 2. The van der Waals surface area contributed by atoms with Gasteiger partial charge in [-0.2, -0.15) is 0 Å². The van der Waals surface area contributed by atoms with Crippen molar-refractivity contribution in [2.45, 2.75) is 19.8 Å². The van der Waals surface area contributed by atoms with Crippen molar-refractivity contribution in [1.82, 2.24) is 0 Å². The summed E-state index contributed by atoms with van der Waals surface area (Å²) in [5.74, 6) is 1.70. The summed E-state index contributed by atoms with van der Waals surface area (Å²) in [4.78, 5) is 0. The normalized spacial score (nSPS) is 10.4. The fourth-order valence-corrected chi connectivity index (χ4v) is 2.01. The third kappa shape index (κ3) is 5.20. The minimum absolute atomic E-state index is 0.661. The molecule has 0 bridgehead atoms. The molecule has 0 radical (unpaired) electrons. The minimum atomic E-state index is 0.661. The molecule has 112 valence electrons. The summed E-state index contributed by atoms with van der Waals surface area (Å²) in [6.45, 7) is 3.34. The summed E-state index contributed by atoms with van der Waals surface area (Å²) in [5.41, 5.74) is 7.57. The van der Waals surface area contributed by atoms with Gasteiger partial charge in [0.05, 0.1) is 13.2 Å². The van der Waals surface area contributed by atoms with E-state index >= 15 is 0 Å². The second-order valence-electron chi connectivity index (χ2n) is 4.88. The molecular weight excluding hydrogens is 286 g/mol. The Morgan fingerprint density at radius 3 is 2.33 bits per heavy atom. The molecular formula is C17H20ClNO2. The van der Waals surface area contributed by atoms with Crippen molar-refractivity contribution in [3.05, 3.63) is 53.1 Å². The molecule has 0 spiro atoms. The highest BCUT2D eigenvalue weighted by atomic mass is 35.5. The zero-order valence-corrected chi connectivity index (χ0v) is 12.9. The second-order valence-corrected chi connectivity index (χ2v) is 5.32. The zero-order chi connectivity index (χ0) is 15.1. The van der Waals surface area contributed by atoms with Gasteiger partial charge in [0.1, 0.15) is 11.5 Å². The third-order valence-electron chi connectivity index (χ3n) is 3.09.